The van der Waals surface area contributed by atoms with E-state index in [1.165, 1.54) is 27.4 Å². The second-order valence-corrected chi connectivity index (χ2v) is 7.89. The lowest BCUT2D eigenvalue weighted by Gasteiger charge is -2.45. The van der Waals surface area contributed by atoms with Crippen molar-refractivity contribution < 1.29 is 23.9 Å². The molecule has 1 aromatic heterocycles. The van der Waals surface area contributed by atoms with E-state index in [2.05, 4.69) is 26.8 Å². The van der Waals surface area contributed by atoms with Gasteiger partial charge >= 0.3 is 11.9 Å². The topological polar surface area (TPSA) is 82.4 Å². The number of rotatable bonds is 6. The number of aromatic nitrogens is 1. The number of methoxy groups -OCH3 is 2. The van der Waals surface area contributed by atoms with E-state index in [1.54, 1.807) is 12.3 Å². The molecule has 8 nitrogen and oxygen atoms in total. The molecule has 1 aliphatic heterocycles. The van der Waals surface area contributed by atoms with Gasteiger partial charge in [0.2, 0.25) is 0 Å². The van der Waals surface area contributed by atoms with Crippen molar-refractivity contribution >= 4 is 29.1 Å². The zero-order valence-electron chi connectivity index (χ0n) is 18.6. The van der Waals surface area contributed by atoms with Crippen LogP contribution >= 0.6 is 0 Å². The van der Waals surface area contributed by atoms with E-state index in [9.17, 15) is 9.59 Å². The predicted octanol–water partition coefficient (Wildman–Crippen LogP) is 3.06. The van der Waals surface area contributed by atoms with Crippen LogP contribution in [0.2, 0.25) is 0 Å². The highest BCUT2D eigenvalue weighted by atomic mass is 16.6. The zero-order valence-corrected chi connectivity index (χ0v) is 18.6. The Hall–Kier alpha value is -3.55. The summed E-state index contributed by atoms with van der Waals surface area (Å²) >= 11 is 0. The standard InChI is InChI=1S/C24H27N3O5/c1-26-18-8-6-5-7-16(18)21-19-13-17(22(23(21)26)24(29)31-3)15(9-10-20(28)30-2)14-27(19)12-11-25-32-4/h5-11,14,17,19,22H,12-13H2,1-4H3/b10-9+,25-11-/t17-,19-,22+/m0/s1. The van der Waals surface area contributed by atoms with Crippen molar-refractivity contribution in [2.75, 3.05) is 27.9 Å². The Kier molecular flexibility index (Phi) is 6.03. The molecule has 168 valence electrons. The normalized spacial score (nSPS) is 22.2. The van der Waals surface area contributed by atoms with Crippen molar-refractivity contribution in [3.63, 3.8) is 0 Å². The number of hydrogen-bond donors (Lipinski definition) is 0. The molecule has 0 saturated carbocycles. The summed E-state index contributed by atoms with van der Waals surface area (Å²) in [6.45, 7) is 0.520. The molecule has 0 radical (unpaired) electrons. The minimum absolute atomic E-state index is 0.0422. The molecule has 3 atom stereocenters. The first kappa shape index (κ1) is 21.7. The van der Waals surface area contributed by atoms with Gasteiger partial charge in [0.05, 0.1) is 33.0 Å². The molecule has 0 saturated heterocycles. The van der Waals surface area contributed by atoms with Crippen LogP contribution in [-0.4, -0.2) is 55.5 Å². The summed E-state index contributed by atoms with van der Waals surface area (Å²) in [5.41, 5.74) is 4.01. The summed E-state index contributed by atoms with van der Waals surface area (Å²) in [5.74, 6) is -1.35. The molecule has 0 amide bonds. The fourth-order valence-electron chi connectivity index (χ4n) is 5.04. The SMILES string of the molecule is CO/N=C\CN1C=C(/C=C/C(=O)OC)[C@@H]2C[C@H]1c1c(n(C)c3ccccc13)[C@@H]2C(=O)OC. The fraction of sp³-hybridized carbons (Fsp3) is 0.375. The van der Waals surface area contributed by atoms with Crippen LogP contribution in [0.25, 0.3) is 10.9 Å². The number of ether oxygens (including phenoxy) is 2. The smallest absolute Gasteiger partial charge is 0.330 e. The molecule has 0 unspecified atom stereocenters. The van der Waals surface area contributed by atoms with Crippen LogP contribution in [0.4, 0.5) is 0 Å². The average molecular weight is 437 g/mol. The molecule has 1 aromatic carbocycles. The molecule has 0 spiro atoms. The highest BCUT2D eigenvalue weighted by Gasteiger charge is 2.47. The van der Waals surface area contributed by atoms with Gasteiger partial charge < -0.3 is 23.8 Å². The predicted molar refractivity (Wildman–Crippen MR) is 120 cm³/mol. The molecule has 0 N–H and O–H groups in total. The quantitative estimate of drug-likeness (QED) is 0.299. The minimum atomic E-state index is -0.480. The van der Waals surface area contributed by atoms with E-state index < -0.39 is 11.9 Å². The first-order chi connectivity index (χ1) is 15.5. The van der Waals surface area contributed by atoms with Crippen molar-refractivity contribution in [2.45, 2.75) is 18.4 Å². The molecule has 4 rings (SSSR count). The molecule has 2 aromatic rings. The van der Waals surface area contributed by atoms with Gasteiger partial charge in [0.25, 0.3) is 0 Å². The second-order valence-electron chi connectivity index (χ2n) is 7.89. The highest BCUT2D eigenvalue weighted by Crippen LogP contribution is 2.53. The third-order valence-electron chi connectivity index (χ3n) is 6.38. The average Bonchev–Trinajstić information content (AvgIpc) is 3.11. The van der Waals surface area contributed by atoms with Crippen LogP contribution < -0.4 is 0 Å². The maximum atomic E-state index is 13.1. The Balaban J connectivity index is 1.92. The molecule has 8 heteroatoms. The van der Waals surface area contributed by atoms with E-state index >= 15 is 0 Å². The van der Waals surface area contributed by atoms with Crippen LogP contribution in [0.15, 0.2) is 53.3 Å². The van der Waals surface area contributed by atoms with Gasteiger partial charge in [-0.05, 0) is 18.1 Å². The molecule has 2 heterocycles. The van der Waals surface area contributed by atoms with E-state index in [0.717, 1.165) is 27.7 Å². The first-order valence-corrected chi connectivity index (χ1v) is 10.4. The van der Waals surface area contributed by atoms with Crippen LogP contribution in [0.3, 0.4) is 0 Å². The molecular formula is C24H27N3O5. The molecule has 2 bridgehead atoms. The number of carbonyl (C=O) groups is 2. The van der Waals surface area contributed by atoms with Crippen molar-refractivity contribution in [2.24, 2.45) is 18.1 Å². The number of benzene rings is 1. The largest absolute Gasteiger partial charge is 0.468 e. The zero-order chi connectivity index (χ0) is 22.8. The number of carbonyl (C=O) groups excluding carboxylic acids is 2. The summed E-state index contributed by atoms with van der Waals surface area (Å²) in [7, 11) is 6.25. The van der Waals surface area contributed by atoms with Gasteiger partial charge in [0.1, 0.15) is 13.0 Å². The van der Waals surface area contributed by atoms with Crippen molar-refractivity contribution in [1.29, 1.82) is 0 Å². The number of aryl methyl sites for hydroxylation is 1. The summed E-state index contributed by atoms with van der Waals surface area (Å²) in [6.07, 6.45) is 7.53. The van der Waals surface area contributed by atoms with Crippen LogP contribution in [0.5, 0.6) is 0 Å². The van der Waals surface area contributed by atoms with E-state index in [-0.39, 0.29) is 17.9 Å². The van der Waals surface area contributed by atoms with Gasteiger partial charge in [-0.3, -0.25) is 4.79 Å². The molecule has 2 aliphatic rings. The Morgan fingerprint density at radius 1 is 1.19 bits per heavy atom. The summed E-state index contributed by atoms with van der Waals surface area (Å²) in [6, 6.07) is 8.22. The number of oxime groups is 1. The maximum Gasteiger partial charge on any atom is 0.330 e. The van der Waals surface area contributed by atoms with E-state index in [0.29, 0.717) is 13.0 Å². The second kappa shape index (κ2) is 8.90. The van der Waals surface area contributed by atoms with Crippen LogP contribution in [-0.2, 0) is 30.9 Å². The maximum absolute atomic E-state index is 13.1. The van der Waals surface area contributed by atoms with Crippen molar-refractivity contribution in [3.05, 3.63) is 59.4 Å². The third kappa shape index (κ3) is 3.55. The number of esters is 2. The number of allylic oxidation sites excluding steroid dienone is 2. The van der Waals surface area contributed by atoms with Crippen LogP contribution in [0, 0.1) is 5.92 Å². The van der Waals surface area contributed by atoms with Gasteiger partial charge in [-0.15, -0.1) is 0 Å². The number of nitrogens with zero attached hydrogens (tertiary/aromatic N) is 3. The van der Waals surface area contributed by atoms with Gasteiger partial charge in [-0.25, -0.2) is 4.79 Å². The van der Waals surface area contributed by atoms with Crippen LogP contribution in [0.1, 0.15) is 29.6 Å². The Bertz CT molecular complexity index is 1130. The Labute approximate surface area is 186 Å². The number of para-hydroxylation sites is 1. The minimum Gasteiger partial charge on any atom is -0.468 e. The monoisotopic (exact) mass is 437 g/mol. The number of fused-ring (bicyclic) bond motifs is 6. The number of hydrogen-bond acceptors (Lipinski definition) is 7. The molecule has 32 heavy (non-hydrogen) atoms. The lowest BCUT2D eigenvalue weighted by molar-refractivity contribution is -0.144. The lowest BCUT2D eigenvalue weighted by atomic mass is 9.69. The molecule has 1 aliphatic carbocycles. The van der Waals surface area contributed by atoms with Gasteiger partial charge in [0.15, 0.2) is 0 Å². The summed E-state index contributed by atoms with van der Waals surface area (Å²) in [5, 5.41) is 5.02. The Morgan fingerprint density at radius 2 is 1.97 bits per heavy atom. The molecule has 0 fully saturated rings. The fourth-order valence-corrected chi connectivity index (χ4v) is 5.04. The van der Waals surface area contributed by atoms with Gasteiger partial charge in [-0.1, -0.05) is 29.4 Å². The Morgan fingerprint density at radius 3 is 2.69 bits per heavy atom. The van der Waals surface area contributed by atoms with Crippen molar-refractivity contribution in [1.82, 2.24) is 9.47 Å². The first-order valence-electron chi connectivity index (χ1n) is 10.4. The van der Waals surface area contributed by atoms with E-state index in [4.69, 9.17) is 14.3 Å². The lowest BCUT2D eigenvalue weighted by Crippen LogP contribution is -2.41. The van der Waals surface area contributed by atoms with Gasteiger partial charge in [0, 0.05) is 47.4 Å². The highest BCUT2D eigenvalue weighted by molar-refractivity contribution is 5.91. The van der Waals surface area contributed by atoms with Gasteiger partial charge in [-0.2, -0.15) is 0 Å². The summed E-state index contributed by atoms with van der Waals surface area (Å²) < 4.78 is 12.1. The third-order valence-corrected chi connectivity index (χ3v) is 6.38. The summed E-state index contributed by atoms with van der Waals surface area (Å²) in [4.78, 5) is 31.9. The van der Waals surface area contributed by atoms with E-state index in [1.807, 2.05) is 25.4 Å². The molecular weight excluding hydrogens is 410 g/mol. The van der Waals surface area contributed by atoms with Crippen molar-refractivity contribution in [3.8, 4) is 0 Å².